The molecule has 0 aliphatic heterocycles. The zero-order valence-corrected chi connectivity index (χ0v) is 14.6. The maximum Gasteiger partial charge on any atom is 0.357 e. The van der Waals surface area contributed by atoms with Gasteiger partial charge in [0, 0.05) is 28.0 Å². The Bertz CT molecular complexity index is 1040. The molecule has 130 valence electrons. The smallest absolute Gasteiger partial charge is 0.357 e. The number of aromatic nitrogens is 2. The van der Waals surface area contributed by atoms with Gasteiger partial charge < -0.3 is 4.98 Å². The number of thiophene rings is 1. The van der Waals surface area contributed by atoms with Crippen molar-refractivity contribution < 1.29 is 9.91 Å². The van der Waals surface area contributed by atoms with Crippen molar-refractivity contribution in [2.24, 2.45) is 0 Å². The van der Waals surface area contributed by atoms with Gasteiger partial charge in [-0.15, -0.1) is 11.3 Å². The maximum atomic E-state index is 11.2. The number of fused-ring (bicyclic) bond motifs is 1. The molecule has 7 heteroatoms. The van der Waals surface area contributed by atoms with Crippen LogP contribution in [0, 0.1) is 10.1 Å². The number of nitrogens with one attached hydrogen (secondary N) is 3. The maximum absolute atomic E-state index is 11.2. The highest BCUT2D eigenvalue weighted by Crippen LogP contribution is 2.33. The van der Waals surface area contributed by atoms with Gasteiger partial charge in [0.2, 0.25) is 0 Å². The highest BCUT2D eigenvalue weighted by molar-refractivity contribution is 7.10. The Morgan fingerprint density at radius 1 is 1.19 bits per heavy atom. The molecule has 4 rings (SSSR count). The fourth-order valence-corrected chi connectivity index (χ4v) is 4.01. The summed E-state index contributed by atoms with van der Waals surface area (Å²) in [5.41, 5.74) is 2.30. The first kappa shape index (κ1) is 16.3. The van der Waals surface area contributed by atoms with Crippen molar-refractivity contribution in [3.05, 3.63) is 86.9 Å². The Kier molecular flexibility index (Phi) is 4.37. The molecular formula is C19H17N4O2S+. The molecule has 0 saturated heterocycles. The van der Waals surface area contributed by atoms with Crippen LogP contribution in [-0.4, -0.2) is 16.5 Å². The van der Waals surface area contributed by atoms with Crippen LogP contribution in [0.25, 0.3) is 10.9 Å². The molecule has 0 unspecified atom stereocenters. The number of nitrogens with zero attached hydrogens (tertiary/aromatic N) is 1. The van der Waals surface area contributed by atoms with Gasteiger partial charge in [0.15, 0.2) is 0 Å². The Morgan fingerprint density at radius 2 is 2.08 bits per heavy atom. The summed E-state index contributed by atoms with van der Waals surface area (Å²) in [6, 6.07) is 15.4. The number of aromatic amines is 2. The van der Waals surface area contributed by atoms with Crippen LogP contribution in [-0.2, 0) is 0 Å². The molecule has 0 saturated carbocycles. The van der Waals surface area contributed by atoms with Crippen LogP contribution >= 0.6 is 11.3 Å². The van der Waals surface area contributed by atoms with E-state index in [0.29, 0.717) is 12.4 Å². The number of pyridine rings is 1. The Labute approximate surface area is 153 Å². The number of nitro groups is 1. The number of para-hydroxylation sites is 1. The van der Waals surface area contributed by atoms with E-state index in [1.807, 2.05) is 35.8 Å². The molecule has 1 atom stereocenters. The molecule has 0 aliphatic rings. The first-order valence-electron chi connectivity index (χ1n) is 8.22. The molecule has 3 heterocycles. The first-order valence-corrected chi connectivity index (χ1v) is 9.10. The molecular weight excluding hydrogens is 348 g/mol. The summed E-state index contributed by atoms with van der Waals surface area (Å²) in [6.07, 6.45) is 3.71. The SMILES string of the molecule is O=[N+]([O-])c1ccc[nH+]c1NC[C@@H](c1cccs1)c1c[nH]c2ccccc12. The van der Waals surface area contributed by atoms with Crippen molar-refractivity contribution in [1.82, 2.24) is 4.98 Å². The van der Waals surface area contributed by atoms with Crippen molar-refractivity contribution in [2.45, 2.75) is 5.92 Å². The number of H-pyrrole nitrogens is 2. The van der Waals surface area contributed by atoms with Crippen molar-refractivity contribution in [3.63, 3.8) is 0 Å². The highest BCUT2D eigenvalue weighted by atomic mass is 32.1. The van der Waals surface area contributed by atoms with Gasteiger partial charge in [-0.2, -0.15) is 0 Å². The fraction of sp³-hybridized carbons (Fsp3) is 0.105. The zero-order chi connectivity index (χ0) is 17.9. The molecule has 0 radical (unpaired) electrons. The minimum Gasteiger partial charge on any atom is -0.361 e. The van der Waals surface area contributed by atoms with Gasteiger partial charge in [-0.3, -0.25) is 15.4 Å². The predicted octanol–water partition coefficient (Wildman–Crippen LogP) is 4.20. The van der Waals surface area contributed by atoms with Gasteiger partial charge in [0.05, 0.1) is 23.6 Å². The molecule has 0 amide bonds. The standard InChI is InChI=1S/C19H16N4O2S/c24-23(25)17-7-3-9-20-19(17)22-12-15(18-8-4-10-26-18)14-11-21-16-6-2-1-5-13(14)16/h1-11,15,21H,12H2,(H,20,22)/p+1/t15-/m1/s1. The van der Waals surface area contributed by atoms with Crippen LogP contribution in [0.1, 0.15) is 16.4 Å². The normalized spacial score (nSPS) is 12.2. The lowest BCUT2D eigenvalue weighted by Gasteiger charge is -2.13. The lowest BCUT2D eigenvalue weighted by atomic mass is 9.96. The highest BCUT2D eigenvalue weighted by Gasteiger charge is 2.25. The lowest BCUT2D eigenvalue weighted by Crippen LogP contribution is -2.20. The quantitative estimate of drug-likeness (QED) is 0.397. The summed E-state index contributed by atoms with van der Waals surface area (Å²) in [7, 11) is 0. The average Bonchev–Trinajstić information content (AvgIpc) is 3.33. The van der Waals surface area contributed by atoms with E-state index in [1.54, 1.807) is 23.6 Å². The summed E-state index contributed by atoms with van der Waals surface area (Å²) >= 11 is 1.69. The summed E-state index contributed by atoms with van der Waals surface area (Å²) < 4.78 is 0. The first-order chi connectivity index (χ1) is 12.7. The van der Waals surface area contributed by atoms with Gasteiger partial charge in [-0.1, -0.05) is 24.3 Å². The van der Waals surface area contributed by atoms with Crippen LogP contribution < -0.4 is 10.3 Å². The van der Waals surface area contributed by atoms with E-state index in [4.69, 9.17) is 0 Å². The van der Waals surface area contributed by atoms with Gasteiger partial charge >= 0.3 is 11.5 Å². The third-order valence-electron chi connectivity index (χ3n) is 4.40. The molecule has 1 aromatic carbocycles. The van der Waals surface area contributed by atoms with Crippen molar-refractivity contribution in [2.75, 3.05) is 11.9 Å². The van der Waals surface area contributed by atoms with Gasteiger partial charge in [-0.05, 0) is 29.1 Å². The van der Waals surface area contributed by atoms with E-state index in [9.17, 15) is 10.1 Å². The minimum atomic E-state index is -0.384. The second-order valence-corrected chi connectivity index (χ2v) is 6.91. The molecule has 0 bridgehead atoms. The summed E-state index contributed by atoms with van der Waals surface area (Å²) in [4.78, 5) is 18.3. The molecule has 26 heavy (non-hydrogen) atoms. The van der Waals surface area contributed by atoms with Crippen molar-refractivity contribution >= 4 is 33.7 Å². The Balaban J connectivity index is 1.69. The van der Waals surface area contributed by atoms with E-state index in [0.717, 1.165) is 5.52 Å². The third kappa shape index (κ3) is 3.04. The zero-order valence-electron chi connectivity index (χ0n) is 13.8. The van der Waals surface area contributed by atoms with E-state index in [2.05, 4.69) is 27.4 Å². The second kappa shape index (κ2) is 6.97. The molecule has 3 N–H and O–H groups in total. The molecule has 3 aromatic heterocycles. The number of anilines is 1. The lowest BCUT2D eigenvalue weighted by molar-refractivity contribution is -0.409. The number of benzene rings is 1. The monoisotopic (exact) mass is 365 g/mol. The predicted molar refractivity (Wildman–Crippen MR) is 103 cm³/mol. The van der Waals surface area contributed by atoms with Crippen LogP contribution in [0.5, 0.6) is 0 Å². The molecule has 6 nitrogen and oxygen atoms in total. The van der Waals surface area contributed by atoms with Gasteiger partial charge in [0.25, 0.3) is 0 Å². The number of rotatable bonds is 6. The summed E-state index contributed by atoms with van der Waals surface area (Å²) in [5, 5.41) is 17.7. The Hall–Kier alpha value is -3.19. The van der Waals surface area contributed by atoms with Crippen LogP contribution in [0.2, 0.25) is 0 Å². The topological polar surface area (TPSA) is 85.1 Å². The third-order valence-corrected chi connectivity index (χ3v) is 5.38. The van der Waals surface area contributed by atoms with Gasteiger partial charge in [0.1, 0.15) is 0 Å². The van der Waals surface area contributed by atoms with Crippen molar-refractivity contribution in [3.8, 4) is 0 Å². The number of hydrogen-bond acceptors (Lipinski definition) is 4. The van der Waals surface area contributed by atoms with Crippen LogP contribution in [0.4, 0.5) is 11.5 Å². The van der Waals surface area contributed by atoms with E-state index >= 15 is 0 Å². The summed E-state index contributed by atoms with van der Waals surface area (Å²) in [5.74, 6) is 0.498. The second-order valence-electron chi connectivity index (χ2n) is 5.93. The molecule has 4 aromatic rings. The summed E-state index contributed by atoms with van der Waals surface area (Å²) in [6.45, 7) is 0.545. The minimum absolute atomic E-state index is 0.0383. The fourth-order valence-electron chi connectivity index (χ4n) is 3.16. The average molecular weight is 365 g/mol. The van der Waals surface area contributed by atoms with Gasteiger partial charge in [-0.25, -0.2) is 4.98 Å². The van der Waals surface area contributed by atoms with Crippen LogP contribution in [0.3, 0.4) is 0 Å². The van der Waals surface area contributed by atoms with Crippen molar-refractivity contribution in [1.29, 1.82) is 0 Å². The van der Waals surface area contributed by atoms with E-state index < -0.39 is 0 Å². The molecule has 0 spiro atoms. The van der Waals surface area contributed by atoms with E-state index in [-0.39, 0.29) is 16.5 Å². The van der Waals surface area contributed by atoms with Crippen LogP contribution in [0.15, 0.2) is 66.3 Å². The van der Waals surface area contributed by atoms with E-state index in [1.165, 1.54) is 21.9 Å². The number of hydrogen-bond donors (Lipinski definition) is 2. The molecule has 0 fully saturated rings. The molecule has 0 aliphatic carbocycles. The largest absolute Gasteiger partial charge is 0.361 e. The Morgan fingerprint density at radius 3 is 2.88 bits per heavy atom.